The van der Waals surface area contributed by atoms with Gasteiger partial charge in [-0.3, -0.25) is 0 Å². The maximum absolute atomic E-state index is 3.98. The van der Waals surface area contributed by atoms with Crippen molar-refractivity contribution in [3.05, 3.63) is 35.4 Å². The molecule has 0 spiro atoms. The Labute approximate surface area is 72.8 Å². The van der Waals surface area contributed by atoms with Gasteiger partial charge in [0.05, 0.1) is 6.54 Å². The fraction of sp³-hybridized carbons (Fsp3) is 0.400. The van der Waals surface area contributed by atoms with Crippen LogP contribution in [0.5, 0.6) is 0 Å². The first-order valence-corrected chi connectivity index (χ1v) is 4.62. The van der Waals surface area contributed by atoms with Crippen LogP contribution in [0.2, 0.25) is 0 Å². The zero-order chi connectivity index (χ0) is 8.39. The first-order valence-electron chi connectivity index (χ1n) is 4.62. The van der Waals surface area contributed by atoms with Crippen LogP contribution in [-0.4, -0.2) is 13.1 Å². The highest BCUT2D eigenvalue weighted by molar-refractivity contribution is 5.29. The molecular formula is C10H16N2+2. The monoisotopic (exact) mass is 164 g/mol. The lowest BCUT2D eigenvalue weighted by Crippen LogP contribution is -2.90. The minimum absolute atomic E-state index is 0.606. The highest BCUT2D eigenvalue weighted by atomic mass is 14.9. The molecule has 2 rings (SSSR count). The van der Waals surface area contributed by atoms with Crippen molar-refractivity contribution < 1.29 is 11.1 Å². The van der Waals surface area contributed by atoms with E-state index in [1.54, 1.807) is 0 Å². The first-order chi connectivity index (χ1) is 5.92. The summed E-state index contributed by atoms with van der Waals surface area (Å²) >= 11 is 0. The van der Waals surface area contributed by atoms with Crippen LogP contribution in [0.1, 0.15) is 17.2 Å². The second-order valence-corrected chi connectivity index (χ2v) is 3.37. The Morgan fingerprint density at radius 2 is 2.25 bits per heavy atom. The third-order valence-electron chi connectivity index (χ3n) is 2.63. The molecule has 1 aromatic rings. The summed E-state index contributed by atoms with van der Waals surface area (Å²) in [5.41, 5.74) is 7.00. The molecule has 0 radical (unpaired) electrons. The molecule has 2 nitrogen and oxygen atoms in total. The van der Waals surface area contributed by atoms with Gasteiger partial charge in [0, 0.05) is 12.0 Å². The van der Waals surface area contributed by atoms with Gasteiger partial charge >= 0.3 is 0 Å². The number of fused-ring (bicyclic) bond motifs is 1. The summed E-state index contributed by atoms with van der Waals surface area (Å²) in [7, 11) is 0. The molecule has 2 heteroatoms. The average molecular weight is 164 g/mol. The molecule has 64 valence electrons. The van der Waals surface area contributed by atoms with E-state index < -0.39 is 0 Å². The number of quaternary nitrogens is 2. The van der Waals surface area contributed by atoms with Crippen molar-refractivity contribution in [1.82, 2.24) is 0 Å². The van der Waals surface area contributed by atoms with Crippen molar-refractivity contribution >= 4 is 0 Å². The van der Waals surface area contributed by atoms with Crippen molar-refractivity contribution in [2.75, 3.05) is 13.1 Å². The molecule has 0 saturated heterocycles. The standard InChI is InChI=1S/C10H14N2/c11-7-10-9-4-2-1-3-8(9)5-6-12-10/h1-4,10,12H,5-7,11H2/p+2/t10-/m0/s1. The molecule has 0 saturated carbocycles. The van der Waals surface area contributed by atoms with Crippen molar-refractivity contribution in [2.45, 2.75) is 12.5 Å². The van der Waals surface area contributed by atoms with Crippen LogP contribution in [0, 0.1) is 0 Å². The molecule has 0 aliphatic carbocycles. The average Bonchev–Trinajstić information content (AvgIpc) is 2.17. The summed E-state index contributed by atoms with van der Waals surface area (Å²) in [5, 5.41) is 2.40. The summed E-state index contributed by atoms with van der Waals surface area (Å²) in [6, 6.07) is 9.34. The molecule has 0 unspecified atom stereocenters. The van der Waals surface area contributed by atoms with Crippen LogP contribution in [0.15, 0.2) is 24.3 Å². The van der Waals surface area contributed by atoms with Gasteiger partial charge in [-0.05, 0) is 5.56 Å². The van der Waals surface area contributed by atoms with Crippen molar-refractivity contribution in [3.8, 4) is 0 Å². The molecule has 0 amide bonds. The van der Waals surface area contributed by atoms with Crippen LogP contribution in [0.4, 0.5) is 0 Å². The second kappa shape index (κ2) is 3.25. The summed E-state index contributed by atoms with van der Waals surface area (Å²) in [5.74, 6) is 0. The zero-order valence-electron chi connectivity index (χ0n) is 7.29. The lowest BCUT2D eigenvalue weighted by molar-refractivity contribution is -0.715. The van der Waals surface area contributed by atoms with Crippen LogP contribution in [0.25, 0.3) is 0 Å². The molecule has 1 aromatic carbocycles. The normalized spacial score (nSPS) is 21.9. The van der Waals surface area contributed by atoms with E-state index in [0.717, 1.165) is 6.54 Å². The Kier molecular flexibility index (Phi) is 2.11. The summed E-state index contributed by atoms with van der Waals surface area (Å²) < 4.78 is 0. The molecule has 0 fully saturated rings. The third-order valence-corrected chi connectivity index (χ3v) is 2.63. The van der Waals surface area contributed by atoms with Crippen molar-refractivity contribution in [3.63, 3.8) is 0 Å². The van der Waals surface area contributed by atoms with Gasteiger partial charge in [0.25, 0.3) is 0 Å². The molecule has 1 aliphatic heterocycles. The second-order valence-electron chi connectivity index (χ2n) is 3.37. The molecule has 1 aliphatic rings. The number of hydrogen-bond donors (Lipinski definition) is 2. The van der Waals surface area contributed by atoms with Gasteiger partial charge in [-0.25, -0.2) is 0 Å². The predicted octanol–water partition coefficient (Wildman–Crippen LogP) is -0.911. The minimum atomic E-state index is 0.606. The smallest absolute Gasteiger partial charge is 0.161 e. The molecule has 1 heterocycles. The molecule has 5 N–H and O–H groups in total. The lowest BCUT2D eigenvalue weighted by Gasteiger charge is -2.20. The molecule has 0 aromatic heterocycles. The van der Waals surface area contributed by atoms with E-state index >= 15 is 0 Å². The molecule has 0 bridgehead atoms. The maximum atomic E-state index is 3.98. The van der Waals surface area contributed by atoms with Gasteiger partial charge in [0.15, 0.2) is 6.04 Å². The summed E-state index contributed by atoms with van der Waals surface area (Å²) in [6.45, 7) is 2.22. The van der Waals surface area contributed by atoms with E-state index in [2.05, 4.69) is 35.3 Å². The first kappa shape index (κ1) is 7.77. The van der Waals surface area contributed by atoms with Gasteiger partial charge < -0.3 is 11.1 Å². The minimum Gasteiger partial charge on any atom is -0.352 e. The van der Waals surface area contributed by atoms with E-state index in [0.29, 0.717) is 6.04 Å². The van der Waals surface area contributed by atoms with E-state index in [9.17, 15) is 0 Å². The maximum Gasteiger partial charge on any atom is 0.161 e. The van der Waals surface area contributed by atoms with Gasteiger partial charge in [0.1, 0.15) is 6.54 Å². The number of hydrogen-bond acceptors (Lipinski definition) is 0. The Morgan fingerprint density at radius 3 is 3.08 bits per heavy atom. The zero-order valence-corrected chi connectivity index (χ0v) is 7.29. The Hall–Kier alpha value is -0.860. The summed E-state index contributed by atoms with van der Waals surface area (Å²) in [4.78, 5) is 0. The fourth-order valence-corrected chi connectivity index (χ4v) is 1.96. The Morgan fingerprint density at radius 1 is 1.42 bits per heavy atom. The quantitative estimate of drug-likeness (QED) is 0.540. The largest absolute Gasteiger partial charge is 0.352 e. The Bertz CT molecular complexity index is 270. The highest BCUT2D eigenvalue weighted by Gasteiger charge is 2.22. The van der Waals surface area contributed by atoms with Gasteiger partial charge in [-0.15, -0.1) is 0 Å². The van der Waals surface area contributed by atoms with Crippen LogP contribution in [-0.2, 0) is 6.42 Å². The van der Waals surface area contributed by atoms with E-state index in [-0.39, 0.29) is 0 Å². The van der Waals surface area contributed by atoms with Gasteiger partial charge in [-0.2, -0.15) is 0 Å². The van der Waals surface area contributed by atoms with Crippen LogP contribution in [0.3, 0.4) is 0 Å². The molecular weight excluding hydrogens is 148 g/mol. The number of rotatable bonds is 1. The lowest BCUT2D eigenvalue weighted by atomic mass is 9.95. The predicted molar refractivity (Wildman–Crippen MR) is 47.4 cm³/mol. The van der Waals surface area contributed by atoms with Gasteiger partial charge in [0.2, 0.25) is 0 Å². The number of nitrogens with two attached hydrogens (primary N) is 1. The van der Waals surface area contributed by atoms with Crippen molar-refractivity contribution in [2.24, 2.45) is 0 Å². The van der Waals surface area contributed by atoms with E-state index in [1.165, 1.54) is 24.1 Å². The van der Waals surface area contributed by atoms with Crippen LogP contribution < -0.4 is 11.1 Å². The van der Waals surface area contributed by atoms with Crippen molar-refractivity contribution in [1.29, 1.82) is 0 Å². The molecule has 1 atom stereocenters. The SMILES string of the molecule is [NH3+]C[C@@H]1[NH2+]CCc2ccccc21. The molecule has 12 heavy (non-hydrogen) atoms. The highest BCUT2D eigenvalue weighted by Crippen LogP contribution is 2.16. The summed E-state index contributed by atoms with van der Waals surface area (Å²) in [6.07, 6.45) is 1.21. The number of benzene rings is 1. The Balaban J connectivity index is 2.37. The topological polar surface area (TPSA) is 44.2 Å². The van der Waals surface area contributed by atoms with E-state index in [1.807, 2.05) is 0 Å². The van der Waals surface area contributed by atoms with Crippen LogP contribution >= 0.6 is 0 Å². The fourth-order valence-electron chi connectivity index (χ4n) is 1.96. The van der Waals surface area contributed by atoms with E-state index in [4.69, 9.17) is 0 Å². The third kappa shape index (κ3) is 1.24. The van der Waals surface area contributed by atoms with Gasteiger partial charge in [-0.1, -0.05) is 24.3 Å².